The fraction of sp³-hybridized carbons (Fsp3) is 0. The fourth-order valence-corrected chi connectivity index (χ4v) is 1.77. The highest BCUT2D eigenvalue weighted by atomic mass is 16.7. The quantitative estimate of drug-likeness (QED) is 0.764. The van der Waals surface area contributed by atoms with Gasteiger partial charge in [-0.2, -0.15) is 0 Å². The van der Waals surface area contributed by atoms with Crippen molar-refractivity contribution in [2.24, 2.45) is 0 Å². The number of rotatable bonds is 2. The van der Waals surface area contributed by atoms with E-state index < -0.39 is 17.8 Å². The molecule has 0 saturated carbocycles. The third kappa shape index (κ3) is 1.70. The Balaban J connectivity index is 1.87. The summed E-state index contributed by atoms with van der Waals surface area (Å²) in [6.45, 7) is 0. The lowest BCUT2D eigenvalue weighted by Crippen LogP contribution is -2.32. The van der Waals surface area contributed by atoms with Crippen molar-refractivity contribution in [3.05, 3.63) is 59.5 Å². The summed E-state index contributed by atoms with van der Waals surface area (Å²) in [7, 11) is 0. The van der Waals surface area contributed by atoms with Gasteiger partial charge < -0.3 is 9.25 Å². The lowest BCUT2D eigenvalue weighted by molar-refractivity contribution is -0.0603. The summed E-state index contributed by atoms with van der Waals surface area (Å²) >= 11 is 0. The minimum atomic E-state index is -0.903. The fourth-order valence-electron chi connectivity index (χ4n) is 1.77. The second-order valence-corrected chi connectivity index (χ2v) is 3.81. The number of imide groups is 1. The minimum Gasteiger partial charge on any atom is -0.457 e. The molecule has 1 aliphatic heterocycles. The molecule has 1 aromatic heterocycles. The van der Waals surface area contributed by atoms with E-state index in [-0.39, 0.29) is 16.9 Å². The van der Waals surface area contributed by atoms with Crippen LogP contribution in [0.2, 0.25) is 0 Å². The van der Waals surface area contributed by atoms with Gasteiger partial charge in [0.25, 0.3) is 11.8 Å². The summed E-state index contributed by atoms with van der Waals surface area (Å²) in [4.78, 5) is 40.2. The molecule has 19 heavy (non-hydrogen) atoms. The number of fused-ring (bicyclic) bond motifs is 1. The summed E-state index contributed by atoms with van der Waals surface area (Å²) in [5.74, 6) is -2.32. The molecule has 2 heterocycles. The van der Waals surface area contributed by atoms with E-state index in [1.165, 1.54) is 30.5 Å². The van der Waals surface area contributed by atoms with Gasteiger partial charge in [0.15, 0.2) is 0 Å². The Kier molecular flexibility index (Phi) is 2.42. The molecule has 0 atom stereocenters. The molecule has 3 rings (SSSR count). The van der Waals surface area contributed by atoms with Gasteiger partial charge in [0.05, 0.1) is 17.4 Å². The molecule has 6 nitrogen and oxygen atoms in total. The van der Waals surface area contributed by atoms with Crippen LogP contribution in [-0.4, -0.2) is 22.8 Å². The first-order valence-electron chi connectivity index (χ1n) is 5.42. The summed E-state index contributed by atoms with van der Waals surface area (Å²) in [5, 5.41) is 0.440. The first-order valence-corrected chi connectivity index (χ1v) is 5.42. The van der Waals surface area contributed by atoms with E-state index >= 15 is 0 Å². The van der Waals surface area contributed by atoms with E-state index in [0.29, 0.717) is 5.06 Å². The minimum absolute atomic E-state index is 0.0865. The molecule has 0 radical (unpaired) electrons. The summed E-state index contributed by atoms with van der Waals surface area (Å²) in [6, 6.07) is 9.12. The Hall–Kier alpha value is -2.89. The molecule has 6 heteroatoms. The molecular weight excluding hydrogens is 250 g/mol. The van der Waals surface area contributed by atoms with Gasteiger partial charge >= 0.3 is 5.97 Å². The van der Waals surface area contributed by atoms with Gasteiger partial charge in [0.1, 0.15) is 0 Å². The van der Waals surface area contributed by atoms with E-state index in [9.17, 15) is 14.4 Å². The zero-order chi connectivity index (χ0) is 13.4. The molecule has 0 unspecified atom stereocenters. The van der Waals surface area contributed by atoms with Crippen LogP contribution >= 0.6 is 0 Å². The Morgan fingerprint density at radius 1 is 1.00 bits per heavy atom. The van der Waals surface area contributed by atoms with Crippen molar-refractivity contribution in [1.29, 1.82) is 0 Å². The van der Waals surface area contributed by atoms with Gasteiger partial charge in [-0.25, -0.2) is 4.79 Å². The van der Waals surface area contributed by atoms with Gasteiger partial charge in [0.2, 0.25) is 5.76 Å². The van der Waals surface area contributed by atoms with Crippen LogP contribution in [0.3, 0.4) is 0 Å². The van der Waals surface area contributed by atoms with E-state index in [0.717, 1.165) is 0 Å². The van der Waals surface area contributed by atoms with Crippen molar-refractivity contribution >= 4 is 17.8 Å². The molecule has 2 aromatic rings. The number of carbonyl (C=O) groups excluding carboxylic acids is 3. The number of hydrogen-bond acceptors (Lipinski definition) is 5. The molecule has 0 bridgehead atoms. The highest BCUT2D eigenvalue weighted by Gasteiger charge is 2.39. The number of hydroxylamine groups is 2. The molecule has 1 aliphatic rings. The van der Waals surface area contributed by atoms with Crippen LogP contribution in [0, 0.1) is 0 Å². The van der Waals surface area contributed by atoms with Crippen molar-refractivity contribution in [2.45, 2.75) is 0 Å². The number of nitrogens with zero attached hydrogens (tertiary/aromatic N) is 1. The maximum Gasteiger partial charge on any atom is 0.398 e. The van der Waals surface area contributed by atoms with Crippen molar-refractivity contribution in [3.8, 4) is 0 Å². The standard InChI is InChI=1S/C13H7NO5/c15-11-8-4-1-2-5-9(8)12(16)14(11)19-13(17)10-6-3-7-18-10/h1-7H. The first-order chi connectivity index (χ1) is 9.18. The van der Waals surface area contributed by atoms with Crippen LogP contribution in [-0.2, 0) is 4.84 Å². The van der Waals surface area contributed by atoms with Crippen LogP contribution in [0.25, 0.3) is 0 Å². The number of carbonyl (C=O) groups is 3. The Morgan fingerprint density at radius 3 is 2.16 bits per heavy atom. The lowest BCUT2D eigenvalue weighted by atomic mass is 10.1. The summed E-state index contributed by atoms with van der Waals surface area (Å²) < 4.78 is 4.83. The lowest BCUT2D eigenvalue weighted by Gasteiger charge is -2.11. The molecular formula is C13H7NO5. The largest absolute Gasteiger partial charge is 0.457 e. The molecule has 0 N–H and O–H groups in total. The molecule has 94 valence electrons. The SMILES string of the molecule is O=C(ON1C(=O)c2ccccc2C1=O)c1ccco1. The number of hydrogen-bond donors (Lipinski definition) is 0. The third-order valence-corrected chi connectivity index (χ3v) is 2.65. The monoisotopic (exact) mass is 257 g/mol. The molecule has 0 fully saturated rings. The zero-order valence-electron chi connectivity index (χ0n) is 9.53. The number of benzene rings is 1. The van der Waals surface area contributed by atoms with Crippen LogP contribution in [0.15, 0.2) is 47.1 Å². The van der Waals surface area contributed by atoms with Crippen molar-refractivity contribution in [2.75, 3.05) is 0 Å². The summed E-state index contributed by atoms with van der Waals surface area (Å²) in [6.07, 6.45) is 1.29. The smallest absolute Gasteiger partial charge is 0.398 e. The third-order valence-electron chi connectivity index (χ3n) is 2.65. The van der Waals surface area contributed by atoms with Crippen molar-refractivity contribution in [1.82, 2.24) is 5.06 Å². The topological polar surface area (TPSA) is 76.8 Å². The Morgan fingerprint density at radius 2 is 1.63 bits per heavy atom. The van der Waals surface area contributed by atoms with E-state index in [1.807, 2.05) is 0 Å². The maximum absolute atomic E-state index is 11.9. The van der Waals surface area contributed by atoms with Crippen LogP contribution < -0.4 is 0 Å². The van der Waals surface area contributed by atoms with Crippen molar-refractivity contribution < 1.29 is 23.6 Å². The predicted molar refractivity (Wildman–Crippen MR) is 61.1 cm³/mol. The highest BCUT2D eigenvalue weighted by Crippen LogP contribution is 2.23. The second kappa shape index (κ2) is 4.09. The van der Waals surface area contributed by atoms with E-state index in [1.54, 1.807) is 12.1 Å². The molecule has 2 amide bonds. The highest BCUT2D eigenvalue weighted by molar-refractivity contribution is 6.21. The maximum atomic E-state index is 11.9. The van der Waals surface area contributed by atoms with Gasteiger partial charge in [-0.15, -0.1) is 0 Å². The molecule has 0 aliphatic carbocycles. The van der Waals surface area contributed by atoms with Gasteiger partial charge in [-0.1, -0.05) is 17.2 Å². The van der Waals surface area contributed by atoms with E-state index in [4.69, 9.17) is 9.25 Å². The molecule has 1 aromatic carbocycles. The van der Waals surface area contributed by atoms with Gasteiger partial charge in [0, 0.05) is 0 Å². The molecule has 0 saturated heterocycles. The van der Waals surface area contributed by atoms with Crippen molar-refractivity contribution in [3.63, 3.8) is 0 Å². The number of amides is 2. The second-order valence-electron chi connectivity index (χ2n) is 3.81. The predicted octanol–water partition coefficient (Wildman–Crippen LogP) is 1.65. The first kappa shape index (κ1) is 11.2. The molecule has 0 spiro atoms. The average Bonchev–Trinajstić information content (AvgIpc) is 3.03. The van der Waals surface area contributed by atoms with E-state index in [2.05, 4.69) is 0 Å². The zero-order valence-corrected chi connectivity index (χ0v) is 9.53. The number of furan rings is 1. The Labute approximate surface area is 107 Å². The normalized spacial score (nSPS) is 13.6. The Bertz CT molecular complexity index is 639. The van der Waals surface area contributed by atoms with Crippen LogP contribution in [0.5, 0.6) is 0 Å². The van der Waals surface area contributed by atoms with Crippen LogP contribution in [0.1, 0.15) is 31.3 Å². The van der Waals surface area contributed by atoms with Gasteiger partial charge in [-0.3, -0.25) is 9.59 Å². The summed E-state index contributed by atoms with van der Waals surface area (Å²) in [5.41, 5.74) is 0.416. The van der Waals surface area contributed by atoms with Crippen LogP contribution in [0.4, 0.5) is 0 Å². The average molecular weight is 257 g/mol. The van der Waals surface area contributed by atoms with Gasteiger partial charge in [-0.05, 0) is 24.3 Å².